The van der Waals surface area contributed by atoms with Crippen LogP contribution >= 0.6 is 11.6 Å². The molecule has 0 bridgehead atoms. The first-order valence-electron chi connectivity index (χ1n) is 14.5. The van der Waals surface area contributed by atoms with E-state index in [1.54, 1.807) is 12.4 Å². The maximum atomic E-state index is 13.5. The lowest BCUT2D eigenvalue weighted by Gasteiger charge is -2.43. The summed E-state index contributed by atoms with van der Waals surface area (Å²) in [6, 6.07) is 4.31. The molecule has 3 aliphatic rings. The number of amides is 1. The standard InChI is InChI=1S/C30H39ClN6O4/c1-18-25(15-33-37(18)21-6-7-21)36(28(39)41-29(2,3)4)27-32-14-20-12-23(31)22(13-24(20)34-27)19-8-10-35(11-9-19)30(5)17-40-16-26(30)38/h12-15,19,21,26,38H,6-11,16-17H2,1-5H3/t26-,30?/m1/s1. The van der Waals surface area contributed by atoms with Gasteiger partial charge in [-0.3, -0.25) is 9.58 Å². The molecule has 1 aliphatic carbocycles. The summed E-state index contributed by atoms with van der Waals surface area (Å²) in [5.74, 6) is 0.488. The van der Waals surface area contributed by atoms with E-state index in [0.717, 1.165) is 55.4 Å². The zero-order valence-corrected chi connectivity index (χ0v) is 25.2. The summed E-state index contributed by atoms with van der Waals surface area (Å²) >= 11 is 6.81. The number of nitrogens with zero attached hydrogens (tertiary/aromatic N) is 6. The predicted octanol–water partition coefficient (Wildman–Crippen LogP) is 5.53. The van der Waals surface area contributed by atoms with E-state index in [9.17, 15) is 9.90 Å². The van der Waals surface area contributed by atoms with Crippen LogP contribution in [0.5, 0.6) is 0 Å². The second kappa shape index (κ2) is 10.5. The van der Waals surface area contributed by atoms with Gasteiger partial charge in [-0.25, -0.2) is 19.7 Å². The average Bonchev–Trinajstić information content (AvgIpc) is 3.61. The number of rotatable bonds is 5. The molecule has 220 valence electrons. The number of hydrogen-bond donors (Lipinski definition) is 1. The van der Waals surface area contributed by atoms with E-state index in [2.05, 4.69) is 21.9 Å². The molecule has 1 amide bonds. The molecule has 4 heterocycles. The highest BCUT2D eigenvalue weighted by molar-refractivity contribution is 6.32. The van der Waals surface area contributed by atoms with Crippen molar-refractivity contribution in [2.24, 2.45) is 0 Å². The van der Waals surface area contributed by atoms with Crippen molar-refractivity contribution in [3.63, 3.8) is 0 Å². The Kier molecular flexibility index (Phi) is 7.25. The third-order valence-corrected chi connectivity index (χ3v) is 8.99. The molecule has 1 aromatic carbocycles. The molecular weight excluding hydrogens is 544 g/mol. The number of hydrogen-bond acceptors (Lipinski definition) is 8. The van der Waals surface area contributed by atoms with E-state index in [4.69, 9.17) is 26.1 Å². The van der Waals surface area contributed by atoms with Crippen molar-refractivity contribution < 1.29 is 19.4 Å². The summed E-state index contributed by atoms with van der Waals surface area (Å²) < 4.78 is 13.3. The van der Waals surface area contributed by atoms with Gasteiger partial charge in [0.2, 0.25) is 5.95 Å². The monoisotopic (exact) mass is 582 g/mol. The van der Waals surface area contributed by atoms with Gasteiger partial charge in [0.25, 0.3) is 0 Å². The maximum Gasteiger partial charge on any atom is 0.422 e. The second-order valence-corrected chi connectivity index (χ2v) is 13.3. The molecule has 2 aromatic heterocycles. The zero-order chi connectivity index (χ0) is 29.1. The van der Waals surface area contributed by atoms with Crippen molar-refractivity contribution in [3.05, 3.63) is 40.8 Å². The Morgan fingerprint density at radius 3 is 2.56 bits per heavy atom. The number of anilines is 2. The number of aliphatic hydroxyl groups excluding tert-OH is 1. The number of likely N-dealkylation sites (tertiary alicyclic amines) is 1. The van der Waals surface area contributed by atoms with Crippen LogP contribution in [0.3, 0.4) is 0 Å². The molecule has 1 saturated carbocycles. The topological polar surface area (TPSA) is 106 Å². The van der Waals surface area contributed by atoms with E-state index in [1.165, 1.54) is 4.90 Å². The van der Waals surface area contributed by atoms with E-state index in [1.807, 2.05) is 44.5 Å². The normalized spacial score (nSPS) is 24.2. The van der Waals surface area contributed by atoms with Crippen molar-refractivity contribution >= 4 is 40.2 Å². The molecule has 2 saturated heterocycles. The van der Waals surface area contributed by atoms with Crippen molar-refractivity contribution in [2.45, 2.75) is 89.5 Å². The molecule has 2 atom stereocenters. The van der Waals surface area contributed by atoms with Crippen LogP contribution in [0.4, 0.5) is 16.4 Å². The molecule has 2 aliphatic heterocycles. The maximum absolute atomic E-state index is 13.5. The molecular formula is C30H39ClN6O4. The van der Waals surface area contributed by atoms with Gasteiger partial charge < -0.3 is 14.6 Å². The minimum absolute atomic E-state index is 0.233. The third-order valence-electron chi connectivity index (χ3n) is 8.66. The molecule has 3 aromatic rings. The van der Waals surface area contributed by atoms with Crippen LogP contribution < -0.4 is 4.90 Å². The van der Waals surface area contributed by atoms with Gasteiger partial charge in [0, 0.05) is 16.6 Å². The van der Waals surface area contributed by atoms with Gasteiger partial charge in [-0.15, -0.1) is 0 Å². The van der Waals surface area contributed by atoms with Gasteiger partial charge in [-0.1, -0.05) is 11.6 Å². The Morgan fingerprint density at radius 1 is 1.20 bits per heavy atom. The van der Waals surface area contributed by atoms with Crippen LogP contribution in [0.2, 0.25) is 5.02 Å². The van der Waals surface area contributed by atoms with E-state index < -0.39 is 17.8 Å². The van der Waals surface area contributed by atoms with Crippen LogP contribution in [0.1, 0.15) is 76.6 Å². The van der Waals surface area contributed by atoms with Gasteiger partial charge in [0.05, 0.1) is 54.0 Å². The fourth-order valence-corrected chi connectivity index (χ4v) is 6.38. The van der Waals surface area contributed by atoms with Crippen LogP contribution in [0.15, 0.2) is 24.5 Å². The molecule has 1 N–H and O–H groups in total. The summed E-state index contributed by atoms with van der Waals surface area (Å²) in [7, 11) is 0. The number of carbonyl (C=O) groups excluding carboxylic acids is 1. The molecule has 6 rings (SSSR count). The molecule has 0 radical (unpaired) electrons. The minimum Gasteiger partial charge on any atom is -0.443 e. The Hall–Kier alpha value is -2.79. The van der Waals surface area contributed by atoms with Crippen LogP contribution in [-0.4, -0.2) is 79.4 Å². The average molecular weight is 583 g/mol. The predicted molar refractivity (Wildman–Crippen MR) is 157 cm³/mol. The zero-order valence-electron chi connectivity index (χ0n) is 24.4. The molecule has 0 spiro atoms. The first-order valence-corrected chi connectivity index (χ1v) is 14.9. The van der Waals surface area contributed by atoms with Gasteiger partial charge in [-0.05, 0) is 97.0 Å². The van der Waals surface area contributed by atoms with E-state index in [-0.39, 0.29) is 17.4 Å². The summed E-state index contributed by atoms with van der Waals surface area (Å²) in [6.07, 6.45) is 6.35. The van der Waals surface area contributed by atoms with Crippen LogP contribution in [0, 0.1) is 6.92 Å². The number of halogens is 1. The lowest BCUT2D eigenvalue weighted by atomic mass is 9.85. The van der Waals surface area contributed by atoms with Gasteiger partial charge in [-0.2, -0.15) is 5.10 Å². The largest absolute Gasteiger partial charge is 0.443 e. The summed E-state index contributed by atoms with van der Waals surface area (Å²) in [6.45, 7) is 12.2. The van der Waals surface area contributed by atoms with Crippen LogP contribution in [0.25, 0.3) is 10.9 Å². The van der Waals surface area contributed by atoms with Gasteiger partial charge in [0.1, 0.15) is 5.60 Å². The quantitative estimate of drug-likeness (QED) is 0.419. The van der Waals surface area contributed by atoms with E-state index in [0.29, 0.717) is 35.5 Å². The smallest absolute Gasteiger partial charge is 0.422 e. The summed E-state index contributed by atoms with van der Waals surface area (Å²) in [5.41, 5.74) is 2.19. The molecule has 11 heteroatoms. The van der Waals surface area contributed by atoms with Crippen molar-refractivity contribution in [2.75, 3.05) is 31.2 Å². The molecule has 1 unspecified atom stereocenters. The number of carbonyl (C=O) groups is 1. The number of aliphatic hydroxyl groups is 1. The second-order valence-electron chi connectivity index (χ2n) is 12.9. The molecule has 3 fully saturated rings. The number of piperidine rings is 1. The minimum atomic E-state index is -0.695. The first kappa shape index (κ1) is 28.3. The van der Waals surface area contributed by atoms with Crippen molar-refractivity contribution in [1.29, 1.82) is 0 Å². The summed E-state index contributed by atoms with van der Waals surface area (Å²) in [4.78, 5) is 26.7. The number of ether oxygens (including phenoxy) is 2. The molecule has 10 nitrogen and oxygen atoms in total. The third kappa shape index (κ3) is 5.43. The van der Waals surface area contributed by atoms with Gasteiger partial charge in [0.15, 0.2) is 0 Å². The first-order chi connectivity index (χ1) is 19.4. The van der Waals surface area contributed by atoms with Crippen LogP contribution in [-0.2, 0) is 9.47 Å². The highest BCUT2D eigenvalue weighted by Crippen LogP contribution is 2.40. The molecule has 41 heavy (non-hydrogen) atoms. The lowest BCUT2D eigenvalue weighted by Crippen LogP contribution is -2.56. The fourth-order valence-electron chi connectivity index (χ4n) is 6.05. The highest BCUT2D eigenvalue weighted by Gasteiger charge is 2.45. The van der Waals surface area contributed by atoms with Gasteiger partial charge >= 0.3 is 6.09 Å². The number of benzene rings is 1. The van der Waals surface area contributed by atoms with Crippen molar-refractivity contribution in [3.8, 4) is 0 Å². The fraction of sp³-hybridized carbons (Fsp3) is 0.600. The Labute approximate surface area is 245 Å². The number of fused-ring (bicyclic) bond motifs is 1. The Balaban J connectivity index is 1.31. The highest BCUT2D eigenvalue weighted by atomic mass is 35.5. The van der Waals surface area contributed by atoms with Crippen molar-refractivity contribution in [1.82, 2.24) is 24.6 Å². The summed E-state index contributed by atoms with van der Waals surface area (Å²) in [5, 5.41) is 16.6. The van der Waals surface area contributed by atoms with E-state index >= 15 is 0 Å². The number of aromatic nitrogens is 4. The Morgan fingerprint density at radius 2 is 1.93 bits per heavy atom. The lowest BCUT2D eigenvalue weighted by molar-refractivity contribution is -0.00211. The SMILES string of the molecule is Cc1c(N(C(=O)OC(C)(C)C)c2ncc3cc(Cl)c(C4CCN(C5(C)COC[C@H]5O)CC4)cc3n2)cnn1C1CC1. The Bertz CT molecular complexity index is 1460.